The number of ether oxygens (including phenoxy) is 1. The largest absolute Gasteiger partial charge is 0.378 e. The fourth-order valence-corrected chi connectivity index (χ4v) is 5.41. The van der Waals surface area contributed by atoms with Gasteiger partial charge in [-0.3, -0.25) is 9.59 Å². The van der Waals surface area contributed by atoms with Gasteiger partial charge in [-0.05, 0) is 50.7 Å². The SMILES string of the molecule is CC(=O)NC1CC[C@@H](C(=O)N[C@H](c2c(F)ccc(Cl)c2F)[C@]23CCC(C2)OC3)C1. The predicted octanol–water partition coefficient (Wildman–Crippen LogP) is 3.65. The van der Waals surface area contributed by atoms with Gasteiger partial charge in [0.25, 0.3) is 0 Å². The molecule has 5 atom stereocenters. The van der Waals surface area contributed by atoms with Crippen LogP contribution in [0.15, 0.2) is 12.1 Å². The minimum absolute atomic E-state index is 0.0508. The van der Waals surface area contributed by atoms with Gasteiger partial charge < -0.3 is 15.4 Å². The van der Waals surface area contributed by atoms with Crippen LogP contribution in [0.5, 0.6) is 0 Å². The monoisotopic (exact) mass is 426 g/mol. The van der Waals surface area contributed by atoms with E-state index < -0.39 is 23.1 Å². The lowest BCUT2D eigenvalue weighted by molar-refractivity contribution is -0.127. The average Bonchev–Trinajstić information content (AvgIpc) is 3.40. The lowest BCUT2D eigenvalue weighted by Gasteiger charge is -2.37. The third-order valence-electron chi connectivity index (χ3n) is 6.68. The summed E-state index contributed by atoms with van der Waals surface area (Å²) in [5.74, 6) is -2.23. The van der Waals surface area contributed by atoms with Crippen LogP contribution in [-0.4, -0.2) is 30.6 Å². The molecule has 1 aromatic rings. The van der Waals surface area contributed by atoms with Gasteiger partial charge in [-0.15, -0.1) is 0 Å². The van der Waals surface area contributed by atoms with Crippen LogP contribution in [0.2, 0.25) is 5.02 Å². The number of carbonyl (C=O) groups is 2. The van der Waals surface area contributed by atoms with E-state index in [1.54, 1.807) is 0 Å². The number of hydrogen-bond donors (Lipinski definition) is 2. The molecule has 0 radical (unpaired) electrons. The van der Waals surface area contributed by atoms with Crippen LogP contribution in [0.25, 0.3) is 0 Å². The van der Waals surface area contributed by atoms with Gasteiger partial charge in [-0.25, -0.2) is 8.78 Å². The Kier molecular flexibility index (Phi) is 5.55. The summed E-state index contributed by atoms with van der Waals surface area (Å²) < 4.78 is 35.4. The zero-order chi connectivity index (χ0) is 20.8. The van der Waals surface area contributed by atoms with Gasteiger partial charge >= 0.3 is 0 Å². The van der Waals surface area contributed by atoms with Gasteiger partial charge in [-0.1, -0.05) is 11.6 Å². The third-order valence-corrected chi connectivity index (χ3v) is 6.97. The maximum absolute atomic E-state index is 14.9. The van der Waals surface area contributed by atoms with Crippen molar-refractivity contribution in [1.29, 1.82) is 0 Å². The molecule has 2 N–H and O–H groups in total. The molecule has 2 saturated carbocycles. The van der Waals surface area contributed by atoms with Crippen molar-refractivity contribution in [1.82, 2.24) is 10.6 Å². The molecule has 4 rings (SSSR count). The van der Waals surface area contributed by atoms with E-state index in [9.17, 15) is 18.4 Å². The maximum atomic E-state index is 14.9. The van der Waals surface area contributed by atoms with Crippen molar-refractivity contribution in [2.75, 3.05) is 6.61 Å². The first-order valence-electron chi connectivity index (χ1n) is 10.1. The van der Waals surface area contributed by atoms with Crippen molar-refractivity contribution < 1.29 is 23.1 Å². The van der Waals surface area contributed by atoms with Crippen LogP contribution in [-0.2, 0) is 14.3 Å². The van der Waals surface area contributed by atoms with E-state index in [2.05, 4.69) is 10.6 Å². The number of rotatable bonds is 5. The summed E-state index contributed by atoms with van der Waals surface area (Å²) in [4.78, 5) is 24.3. The van der Waals surface area contributed by atoms with E-state index >= 15 is 0 Å². The van der Waals surface area contributed by atoms with Gasteiger partial charge in [0.1, 0.15) is 11.6 Å². The summed E-state index contributed by atoms with van der Waals surface area (Å²) in [5, 5.41) is 5.62. The predicted molar refractivity (Wildman–Crippen MR) is 103 cm³/mol. The number of benzene rings is 1. The second kappa shape index (κ2) is 7.84. The smallest absolute Gasteiger partial charge is 0.223 e. The highest BCUT2D eigenvalue weighted by Crippen LogP contribution is 2.54. The number of nitrogens with one attached hydrogen (secondary N) is 2. The van der Waals surface area contributed by atoms with Gasteiger partial charge in [0.05, 0.1) is 23.8 Å². The topological polar surface area (TPSA) is 67.4 Å². The molecule has 1 saturated heterocycles. The van der Waals surface area contributed by atoms with Crippen LogP contribution < -0.4 is 10.6 Å². The van der Waals surface area contributed by atoms with Crippen LogP contribution >= 0.6 is 11.6 Å². The van der Waals surface area contributed by atoms with Crippen molar-refractivity contribution in [2.24, 2.45) is 11.3 Å². The molecule has 2 amide bonds. The first kappa shape index (κ1) is 20.5. The standard InChI is InChI=1S/C21H25ClF2N2O3/c1-11(27)25-13-3-2-12(8-13)20(28)26-19(21-7-6-14(9-21)29-10-21)17-16(23)5-4-15(22)18(17)24/h4-5,12-14,19H,2-3,6-10H2,1H3,(H,25,27)(H,26,28)/t12-,13?,14?,19-,21-/m1/s1. The first-order chi connectivity index (χ1) is 13.8. The zero-order valence-corrected chi connectivity index (χ0v) is 17.0. The van der Waals surface area contributed by atoms with Crippen molar-refractivity contribution in [3.63, 3.8) is 0 Å². The van der Waals surface area contributed by atoms with Gasteiger partial charge in [0.2, 0.25) is 11.8 Å². The van der Waals surface area contributed by atoms with E-state index in [1.807, 2.05) is 0 Å². The highest BCUT2D eigenvalue weighted by molar-refractivity contribution is 6.30. The number of halogens is 3. The Morgan fingerprint density at radius 2 is 2.07 bits per heavy atom. The Hall–Kier alpha value is -1.73. The summed E-state index contributed by atoms with van der Waals surface area (Å²) in [6.07, 6.45) is 4.11. The minimum atomic E-state index is -0.846. The molecule has 8 heteroatoms. The second-order valence-corrected chi connectivity index (χ2v) is 9.05. The van der Waals surface area contributed by atoms with Crippen LogP contribution in [0.4, 0.5) is 8.78 Å². The summed E-state index contributed by atoms with van der Waals surface area (Å²) in [6, 6.07) is 1.43. The van der Waals surface area contributed by atoms with Gasteiger partial charge in [0.15, 0.2) is 0 Å². The molecule has 1 aliphatic heterocycles. The molecular weight excluding hydrogens is 402 g/mol. The molecule has 3 aliphatic rings. The number of carbonyl (C=O) groups excluding carboxylic acids is 2. The molecule has 2 bridgehead atoms. The Bertz CT molecular complexity index is 826. The van der Waals surface area contributed by atoms with E-state index in [1.165, 1.54) is 13.0 Å². The molecule has 0 spiro atoms. The molecule has 5 nitrogen and oxygen atoms in total. The molecule has 3 fully saturated rings. The first-order valence-corrected chi connectivity index (χ1v) is 10.5. The van der Waals surface area contributed by atoms with Crippen molar-refractivity contribution in [3.8, 4) is 0 Å². The van der Waals surface area contributed by atoms with E-state index in [0.717, 1.165) is 18.9 Å². The van der Waals surface area contributed by atoms with E-state index in [0.29, 0.717) is 32.3 Å². The van der Waals surface area contributed by atoms with Crippen molar-refractivity contribution in [3.05, 3.63) is 34.4 Å². The summed E-state index contributed by atoms with van der Waals surface area (Å²) in [7, 11) is 0. The lowest BCUT2D eigenvalue weighted by atomic mass is 9.76. The molecule has 1 heterocycles. The van der Waals surface area contributed by atoms with E-state index in [-0.39, 0.29) is 40.5 Å². The third kappa shape index (κ3) is 3.87. The number of fused-ring (bicyclic) bond motifs is 2. The Labute approximate surface area is 173 Å². The highest BCUT2D eigenvalue weighted by atomic mass is 35.5. The highest BCUT2D eigenvalue weighted by Gasteiger charge is 2.53. The second-order valence-electron chi connectivity index (χ2n) is 8.64. The normalized spacial score (nSPS) is 31.7. The average molecular weight is 427 g/mol. The van der Waals surface area contributed by atoms with E-state index in [4.69, 9.17) is 16.3 Å². The Morgan fingerprint density at radius 1 is 1.28 bits per heavy atom. The van der Waals surface area contributed by atoms with Crippen LogP contribution in [0, 0.1) is 23.0 Å². The fourth-order valence-electron chi connectivity index (χ4n) is 5.25. The number of hydrogen-bond acceptors (Lipinski definition) is 3. The summed E-state index contributed by atoms with van der Waals surface area (Å²) in [5.41, 5.74) is -0.726. The molecular formula is C21H25ClF2N2O3. The fraction of sp³-hybridized carbons (Fsp3) is 0.619. The minimum Gasteiger partial charge on any atom is -0.378 e. The quantitative estimate of drug-likeness (QED) is 0.706. The Balaban J connectivity index is 1.60. The summed E-state index contributed by atoms with van der Waals surface area (Å²) >= 11 is 5.94. The molecule has 29 heavy (non-hydrogen) atoms. The van der Waals surface area contributed by atoms with Crippen molar-refractivity contribution in [2.45, 2.75) is 63.6 Å². The zero-order valence-electron chi connectivity index (χ0n) is 16.3. The lowest BCUT2D eigenvalue weighted by Crippen LogP contribution is -2.44. The Morgan fingerprint density at radius 3 is 2.69 bits per heavy atom. The molecule has 0 aromatic heterocycles. The van der Waals surface area contributed by atoms with Crippen molar-refractivity contribution >= 4 is 23.4 Å². The molecule has 2 unspecified atom stereocenters. The van der Waals surface area contributed by atoms with Crippen LogP contribution in [0.1, 0.15) is 57.1 Å². The van der Waals surface area contributed by atoms with Gasteiger partial charge in [0, 0.05) is 29.9 Å². The number of amides is 2. The molecule has 2 aliphatic carbocycles. The maximum Gasteiger partial charge on any atom is 0.223 e. The molecule has 1 aromatic carbocycles. The van der Waals surface area contributed by atoms with Gasteiger partial charge in [-0.2, -0.15) is 0 Å². The van der Waals surface area contributed by atoms with Crippen LogP contribution in [0.3, 0.4) is 0 Å². The summed E-state index contributed by atoms with van der Waals surface area (Å²) in [6.45, 7) is 1.80. The molecule has 158 valence electrons.